The molecule has 2 N–H and O–H groups in total. The number of likely N-dealkylation sites (N-methyl/N-ethyl adjacent to an activating group) is 2. The Hall–Kier alpha value is -3.32. The van der Waals surface area contributed by atoms with Gasteiger partial charge in [0.15, 0.2) is 0 Å². The molecule has 72 heavy (non-hydrogen) atoms. The van der Waals surface area contributed by atoms with Gasteiger partial charge < -0.3 is 39.7 Å². The predicted molar refractivity (Wildman–Crippen MR) is 304 cm³/mol. The number of amides is 4. The van der Waals surface area contributed by atoms with Crippen molar-refractivity contribution in [2.24, 2.45) is 11.8 Å². The first-order valence-electron chi connectivity index (χ1n) is 29.0. The first kappa shape index (κ1) is 68.7. The quantitative estimate of drug-likeness (QED) is 0.0456. The third kappa shape index (κ3) is 39.2. The molecule has 0 aliphatic rings. The highest BCUT2D eigenvalue weighted by Crippen LogP contribution is 2.18. The molecule has 0 aromatic rings. The van der Waals surface area contributed by atoms with Crippen molar-refractivity contribution in [3.63, 3.8) is 0 Å². The van der Waals surface area contributed by atoms with Gasteiger partial charge in [0, 0.05) is 52.1 Å². The average Bonchev–Trinajstić information content (AvgIpc) is 3.33. The lowest BCUT2D eigenvalue weighted by Gasteiger charge is -2.34. The van der Waals surface area contributed by atoms with E-state index in [1.807, 2.05) is 65.7 Å². The van der Waals surface area contributed by atoms with Crippen LogP contribution in [-0.2, 0) is 28.7 Å². The van der Waals surface area contributed by atoms with E-state index < -0.39 is 12.1 Å². The van der Waals surface area contributed by atoms with Crippen molar-refractivity contribution >= 4 is 23.6 Å². The van der Waals surface area contributed by atoms with Gasteiger partial charge in [0.25, 0.3) is 0 Å². The van der Waals surface area contributed by atoms with Gasteiger partial charge in [0.1, 0.15) is 12.1 Å². The second-order valence-electron chi connectivity index (χ2n) is 20.9. The number of hydrogen-bond donors (Lipinski definition) is 2. The summed E-state index contributed by atoms with van der Waals surface area (Å²) < 4.78 is 11.5. The first-order chi connectivity index (χ1) is 34.8. The van der Waals surface area contributed by atoms with E-state index in [4.69, 9.17) is 9.47 Å². The van der Waals surface area contributed by atoms with Gasteiger partial charge in [-0.25, -0.2) is 0 Å². The van der Waals surface area contributed by atoms with E-state index in [1.54, 1.807) is 9.80 Å². The zero-order valence-corrected chi connectivity index (χ0v) is 48.2. The molecular formula is C60H112N6O6. The molecule has 12 heteroatoms. The summed E-state index contributed by atoms with van der Waals surface area (Å²) in [6.45, 7) is 16.8. The summed E-state index contributed by atoms with van der Waals surface area (Å²) in [7, 11) is 7.94. The van der Waals surface area contributed by atoms with Crippen LogP contribution in [0.1, 0.15) is 196 Å². The summed E-state index contributed by atoms with van der Waals surface area (Å²) >= 11 is 0. The van der Waals surface area contributed by atoms with Crippen molar-refractivity contribution in [2.45, 2.75) is 208 Å². The molecule has 4 amide bonds. The Morgan fingerprint density at radius 3 is 1.06 bits per heavy atom. The molecular weight excluding hydrogens is 901 g/mol. The largest absolute Gasteiger partial charge is 0.377 e. The smallest absolute Gasteiger partial charge is 0.243 e. The van der Waals surface area contributed by atoms with Gasteiger partial charge in [-0.3, -0.25) is 19.2 Å². The highest BCUT2D eigenvalue weighted by Gasteiger charge is 2.33. The molecule has 0 spiro atoms. The molecule has 0 aromatic heterocycles. The van der Waals surface area contributed by atoms with Crippen LogP contribution < -0.4 is 10.6 Å². The van der Waals surface area contributed by atoms with Gasteiger partial charge in [-0.05, 0) is 117 Å². The van der Waals surface area contributed by atoms with Crippen molar-refractivity contribution < 1.29 is 28.7 Å². The number of hydrogen-bond acceptors (Lipinski definition) is 8. The van der Waals surface area contributed by atoms with Gasteiger partial charge in [-0.15, -0.1) is 0 Å². The lowest BCUT2D eigenvalue weighted by Crippen LogP contribution is -2.54. The fraction of sp³-hybridized carbons (Fsp3) is 0.800. The fourth-order valence-electron chi connectivity index (χ4n) is 8.55. The zero-order valence-electron chi connectivity index (χ0n) is 48.2. The molecule has 0 rings (SSSR count). The second-order valence-corrected chi connectivity index (χ2v) is 20.9. The number of nitrogens with zero attached hydrogens (tertiary/aromatic N) is 4. The molecule has 0 saturated heterocycles. The van der Waals surface area contributed by atoms with Crippen LogP contribution in [0.5, 0.6) is 0 Å². The number of carbonyl (C=O) groups is 4. The van der Waals surface area contributed by atoms with Gasteiger partial charge in [0.05, 0.1) is 26.4 Å². The van der Waals surface area contributed by atoms with Gasteiger partial charge in [0.2, 0.25) is 23.6 Å². The van der Waals surface area contributed by atoms with E-state index in [0.717, 1.165) is 77.0 Å². The van der Waals surface area contributed by atoms with Crippen LogP contribution in [0.3, 0.4) is 0 Å². The van der Waals surface area contributed by atoms with Crippen LogP contribution >= 0.6 is 0 Å². The standard InChI is InChI=1S/C60H112N6O6/c1-11-13-15-17-19-21-23-25-27-29-31-33-35-37-39-41-55(67)65(47-45-63(7)8)57(53(3)4)59(69)61-43-49-71-51-52-72-50-44-62-60(70)58(54(5)6)66(48-46-64(9)10)56(68)42-40-38-36-34-32-30-28-26-24-22-20-18-16-14-12-2/h19-22,25-28,53-54,57-58H,11-18,23-24,29-52H2,1-10H3,(H,61,69)(H,62,70)/b21-19-,22-20-,27-25-,28-26-. The van der Waals surface area contributed by atoms with Crippen LogP contribution in [0.2, 0.25) is 0 Å². The predicted octanol–water partition coefficient (Wildman–Crippen LogP) is 11.7. The summed E-state index contributed by atoms with van der Waals surface area (Å²) in [5, 5.41) is 6.03. The van der Waals surface area contributed by atoms with E-state index >= 15 is 0 Å². The van der Waals surface area contributed by atoms with Gasteiger partial charge >= 0.3 is 0 Å². The fourth-order valence-corrected chi connectivity index (χ4v) is 8.55. The molecule has 0 aliphatic carbocycles. The molecule has 12 nitrogen and oxygen atoms in total. The highest BCUT2D eigenvalue weighted by molar-refractivity contribution is 5.88. The Balaban J connectivity index is 4.69. The number of carbonyl (C=O) groups excluding carboxylic acids is 4. The summed E-state index contributed by atoms with van der Waals surface area (Å²) in [4.78, 5) is 62.0. The maximum Gasteiger partial charge on any atom is 0.243 e. The maximum absolute atomic E-state index is 13.6. The maximum atomic E-state index is 13.6. The second kappa shape index (κ2) is 48.6. The molecule has 0 fully saturated rings. The topological polar surface area (TPSA) is 124 Å². The molecule has 0 aromatic carbocycles. The van der Waals surface area contributed by atoms with E-state index in [0.29, 0.717) is 78.5 Å². The van der Waals surface area contributed by atoms with Crippen LogP contribution in [0, 0.1) is 11.8 Å². The van der Waals surface area contributed by atoms with Crippen LogP contribution in [0.15, 0.2) is 48.6 Å². The Bertz CT molecular complexity index is 1340. The third-order valence-electron chi connectivity index (χ3n) is 12.8. The van der Waals surface area contributed by atoms with E-state index in [1.165, 1.54) is 64.2 Å². The van der Waals surface area contributed by atoms with Gasteiger partial charge in [-0.2, -0.15) is 0 Å². The van der Waals surface area contributed by atoms with E-state index in [-0.39, 0.29) is 35.5 Å². The summed E-state index contributed by atoms with van der Waals surface area (Å²) in [6, 6.07) is -1.11. The van der Waals surface area contributed by atoms with Crippen molar-refractivity contribution in [3.8, 4) is 0 Å². The van der Waals surface area contributed by atoms with Crippen molar-refractivity contribution in [1.82, 2.24) is 30.2 Å². The van der Waals surface area contributed by atoms with Crippen LogP contribution in [-0.4, -0.2) is 149 Å². The molecule has 0 radical (unpaired) electrons. The third-order valence-corrected chi connectivity index (χ3v) is 12.8. The molecule has 0 aliphatic heterocycles. The number of rotatable bonds is 49. The Morgan fingerprint density at radius 1 is 0.417 bits per heavy atom. The molecule has 2 unspecified atom stereocenters. The number of unbranched alkanes of at least 4 members (excludes halogenated alkanes) is 16. The molecule has 0 heterocycles. The Morgan fingerprint density at radius 2 is 0.736 bits per heavy atom. The number of allylic oxidation sites excluding steroid dienone is 8. The SMILES string of the molecule is CCCCC/C=C\C/C=C\CCCCCCCC(=O)N(CCN(C)C)C(C(=O)NCCOCCOCCNC(=O)C(C(C)C)N(CCN(C)C)C(=O)CCCCCCC/C=C\C/C=C\CCCCC)C(C)C. The minimum atomic E-state index is -0.557. The molecule has 0 saturated carbocycles. The lowest BCUT2D eigenvalue weighted by molar-refractivity contribution is -0.142. The summed E-state index contributed by atoms with van der Waals surface area (Å²) in [6.07, 6.45) is 44.1. The van der Waals surface area contributed by atoms with Crippen LogP contribution in [0.25, 0.3) is 0 Å². The summed E-state index contributed by atoms with van der Waals surface area (Å²) in [5.41, 5.74) is 0. The minimum Gasteiger partial charge on any atom is -0.377 e. The zero-order chi connectivity index (χ0) is 53.5. The van der Waals surface area contributed by atoms with Crippen LogP contribution in [0.4, 0.5) is 0 Å². The van der Waals surface area contributed by atoms with Crippen molar-refractivity contribution in [3.05, 3.63) is 48.6 Å². The van der Waals surface area contributed by atoms with E-state index in [2.05, 4.69) is 73.1 Å². The molecule has 418 valence electrons. The first-order valence-corrected chi connectivity index (χ1v) is 29.0. The number of nitrogens with one attached hydrogen (secondary N) is 2. The Kier molecular flexibility index (Phi) is 46.4. The van der Waals surface area contributed by atoms with Crippen molar-refractivity contribution in [2.75, 3.05) is 93.9 Å². The minimum absolute atomic E-state index is 0.0404. The highest BCUT2D eigenvalue weighted by atomic mass is 16.5. The Labute approximate surface area is 443 Å². The van der Waals surface area contributed by atoms with Crippen molar-refractivity contribution in [1.29, 1.82) is 0 Å². The monoisotopic (exact) mass is 1010 g/mol. The van der Waals surface area contributed by atoms with Gasteiger partial charge in [-0.1, -0.05) is 154 Å². The lowest BCUT2D eigenvalue weighted by atomic mass is 10.00. The molecule has 2 atom stereocenters. The molecule has 0 bridgehead atoms. The normalized spacial score (nSPS) is 13.0. The summed E-state index contributed by atoms with van der Waals surface area (Å²) in [5.74, 6) is -0.327. The van der Waals surface area contributed by atoms with E-state index in [9.17, 15) is 19.2 Å². The average molecular weight is 1010 g/mol. The number of ether oxygens (including phenoxy) is 2.